The zero-order valence-electron chi connectivity index (χ0n) is 10.1. The van der Waals surface area contributed by atoms with Crippen molar-refractivity contribution in [1.82, 2.24) is 5.32 Å². The number of carbonyl (C=O) groups excluding carboxylic acids is 1. The van der Waals surface area contributed by atoms with Crippen molar-refractivity contribution in [3.05, 3.63) is 29.8 Å². The molecule has 1 aromatic rings. The van der Waals surface area contributed by atoms with E-state index in [9.17, 15) is 9.59 Å². The Bertz CT molecular complexity index is 450. The first-order valence-electron chi connectivity index (χ1n) is 5.95. The van der Waals surface area contributed by atoms with Gasteiger partial charge in [0.05, 0.1) is 5.56 Å². The molecule has 1 fully saturated rings. The number of rotatable bonds is 3. The third-order valence-electron chi connectivity index (χ3n) is 3.10. The first kappa shape index (κ1) is 12.4. The molecule has 0 saturated heterocycles. The van der Waals surface area contributed by atoms with Gasteiger partial charge in [0.25, 0.3) is 0 Å². The first-order chi connectivity index (χ1) is 8.54. The standard InChI is InChI=1S/C13H16N2O3/c1-8-6-11(7-8)15-13(18)14-10-4-2-9(3-5-10)12(16)17/h2-5,8,11H,6-7H2,1H3,(H,16,17)(H2,14,15,18). The molecule has 0 bridgehead atoms. The summed E-state index contributed by atoms with van der Waals surface area (Å²) >= 11 is 0. The number of nitrogens with one attached hydrogen (secondary N) is 2. The van der Waals surface area contributed by atoms with Crippen LogP contribution in [0.1, 0.15) is 30.1 Å². The largest absolute Gasteiger partial charge is 0.478 e. The molecule has 0 heterocycles. The second kappa shape index (κ2) is 5.08. The van der Waals surface area contributed by atoms with E-state index in [1.165, 1.54) is 12.1 Å². The SMILES string of the molecule is CC1CC(NC(=O)Nc2ccc(C(=O)O)cc2)C1. The van der Waals surface area contributed by atoms with E-state index in [4.69, 9.17) is 5.11 Å². The van der Waals surface area contributed by atoms with Crippen LogP contribution >= 0.6 is 0 Å². The van der Waals surface area contributed by atoms with Gasteiger partial charge in [0, 0.05) is 11.7 Å². The van der Waals surface area contributed by atoms with Crippen molar-refractivity contribution in [3.8, 4) is 0 Å². The second-order valence-electron chi connectivity index (χ2n) is 4.75. The lowest BCUT2D eigenvalue weighted by molar-refractivity contribution is 0.0697. The lowest BCUT2D eigenvalue weighted by Crippen LogP contribution is -2.45. The predicted molar refractivity (Wildman–Crippen MR) is 67.7 cm³/mol. The zero-order chi connectivity index (χ0) is 13.1. The number of carbonyl (C=O) groups is 2. The molecular formula is C13H16N2O3. The average Bonchev–Trinajstić information content (AvgIpc) is 2.27. The van der Waals surface area contributed by atoms with E-state index >= 15 is 0 Å². The minimum Gasteiger partial charge on any atom is -0.478 e. The molecular weight excluding hydrogens is 232 g/mol. The second-order valence-corrected chi connectivity index (χ2v) is 4.75. The van der Waals surface area contributed by atoms with Crippen LogP contribution in [0.5, 0.6) is 0 Å². The molecule has 5 heteroatoms. The van der Waals surface area contributed by atoms with E-state index in [0.717, 1.165) is 12.8 Å². The third-order valence-corrected chi connectivity index (χ3v) is 3.10. The van der Waals surface area contributed by atoms with E-state index in [1.807, 2.05) is 0 Å². The summed E-state index contributed by atoms with van der Waals surface area (Å²) in [6.07, 6.45) is 2.04. The number of urea groups is 1. The first-order valence-corrected chi connectivity index (χ1v) is 5.95. The number of hydrogen-bond acceptors (Lipinski definition) is 2. The number of hydrogen-bond donors (Lipinski definition) is 3. The van der Waals surface area contributed by atoms with E-state index in [0.29, 0.717) is 11.6 Å². The van der Waals surface area contributed by atoms with Crippen LogP contribution in [-0.2, 0) is 0 Å². The minimum atomic E-state index is -0.977. The third kappa shape index (κ3) is 3.00. The Kier molecular flexibility index (Phi) is 3.50. The summed E-state index contributed by atoms with van der Waals surface area (Å²) in [5, 5.41) is 14.3. The van der Waals surface area contributed by atoms with Gasteiger partial charge >= 0.3 is 12.0 Å². The maximum atomic E-state index is 11.6. The molecule has 0 aliphatic heterocycles. The summed E-state index contributed by atoms with van der Waals surface area (Å²) in [4.78, 5) is 22.3. The number of benzene rings is 1. The van der Waals surface area contributed by atoms with Crippen LogP contribution < -0.4 is 10.6 Å². The molecule has 1 aliphatic carbocycles. The molecule has 0 radical (unpaired) electrons. The summed E-state index contributed by atoms with van der Waals surface area (Å²) in [5.74, 6) is -0.292. The van der Waals surface area contributed by atoms with Crippen LogP contribution in [0.3, 0.4) is 0 Å². The van der Waals surface area contributed by atoms with Crippen molar-refractivity contribution in [2.75, 3.05) is 5.32 Å². The van der Waals surface area contributed by atoms with E-state index in [1.54, 1.807) is 12.1 Å². The summed E-state index contributed by atoms with van der Waals surface area (Å²) in [7, 11) is 0. The van der Waals surface area contributed by atoms with Gasteiger partial charge in [-0.25, -0.2) is 9.59 Å². The van der Waals surface area contributed by atoms with Crippen molar-refractivity contribution in [2.45, 2.75) is 25.8 Å². The van der Waals surface area contributed by atoms with Crippen LogP contribution in [0.4, 0.5) is 10.5 Å². The predicted octanol–water partition coefficient (Wildman–Crippen LogP) is 2.30. The molecule has 18 heavy (non-hydrogen) atoms. The number of amides is 2. The fourth-order valence-electron chi connectivity index (χ4n) is 2.07. The summed E-state index contributed by atoms with van der Waals surface area (Å²) in [5.41, 5.74) is 0.790. The molecule has 3 N–H and O–H groups in total. The Morgan fingerprint density at radius 3 is 2.33 bits per heavy atom. The topological polar surface area (TPSA) is 78.4 Å². The summed E-state index contributed by atoms with van der Waals surface area (Å²) in [6, 6.07) is 6.10. The average molecular weight is 248 g/mol. The normalized spacial score (nSPS) is 21.8. The fourth-order valence-corrected chi connectivity index (χ4v) is 2.07. The number of carboxylic acid groups (broad SMARTS) is 1. The molecule has 0 spiro atoms. The Labute approximate surface area is 105 Å². The number of anilines is 1. The summed E-state index contributed by atoms with van der Waals surface area (Å²) < 4.78 is 0. The van der Waals surface area contributed by atoms with Crippen LogP contribution in [0.25, 0.3) is 0 Å². The Balaban J connectivity index is 1.85. The highest BCUT2D eigenvalue weighted by molar-refractivity contribution is 5.91. The van der Waals surface area contributed by atoms with Crippen LogP contribution in [0.2, 0.25) is 0 Å². The molecule has 0 aromatic heterocycles. The van der Waals surface area contributed by atoms with Gasteiger partial charge in [0.2, 0.25) is 0 Å². The molecule has 96 valence electrons. The van der Waals surface area contributed by atoms with E-state index in [2.05, 4.69) is 17.6 Å². The van der Waals surface area contributed by atoms with E-state index < -0.39 is 5.97 Å². The lowest BCUT2D eigenvalue weighted by atomic mass is 9.82. The van der Waals surface area contributed by atoms with Gasteiger partial charge in [-0.15, -0.1) is 0 Å². The fraction of sp³-hybridized carbons (Fsp3) is 0.385. The van der Waals surface area contributed by atoms with Gasteiger partial charge in [-0.1, -0.05) is 6.92 Å². The van der Waals surface area contributed by atoms with Gasteiger partial charge in [0.1, 0.15) is 0 Å². The maximum absolute atomic E-state index is 11.6. The maximum Gasteiger partial charge on any atom is 0.335 e. The number of aromatic carboxylic acids is 1. The molecule has 0 atom stereocenters. The Hall–Kier alpha value is -2.04. The highest BCUT2D eigenvalue weighted by atomic mass is 16.4. The minimum absolute atomic E-state index is 0.203. The molecule has 1 aliphatic rings. The lowest BCUT2D eigenvalue weighted by Gasteiger charge is -2.33. The van der Waals surface area contributed by atoms with Crippen LogP contribution in [0, 0.1) is 5.92 Å². The van der Waals surface area contributed by atoms with Crippen LogP contribution in [-0.4, -0.2) is 23.1 Å². The molecule has 1 saturated carbocycles. The highest BCUT2D eigenvalue weighted by Gasteiger charge is 2.26. The van der Waals surface area contributed by atoms with Gasteiger partial charge < -0.3 is 15.7 Å². The van der Waals surface area contributed by atoms with Crippen LogP contribution in [0.15, 0.2) is 24.3 Å². The Morgan fingerprint density at radius 2 is 1.83 bits per heavy atom. The monoisotopic (exact) mass is 248 g/mol. The molecule has 1 aromatic carbocycles. The van der Waals surface area contributed by atoms with Crippen molar-refractivity contribution < 1.29 is 14.7 Å². The molecule has 5 nitrogen and oxygen atoms in total. The van der Waals surface area contributed by atoms with Gasteiger partial charge in [-0.3, -0.25) is 0 Å². The quantitative estimate of drug-likeness (QED) is 0.768. The van der Waals surface area contributed by atoms with Gasteiger partial charge in [-0.2, -0.15) is 0 Å². The van der Waals surface area contributed by atoms with Crippen molar-refractivity contribution >= 4 is 17.7 Å². The van der Waals surface area contributed by atoms with E-state index in [-0.39, 0.29) is 17.6 Å². The zero-order valence-corrected chi connectivity index (χ0v) is 10.1. The smallest absolute Gasteiger partial charge is 0.335 e. The van der Waals surface area contributed by atoms with Crippen molar-refractivity contribution in [1.29, 1.82) is 0 Å². The van der Waals surface area contributed by atoms with Crippen molar-refractivity contribution in [3.63, 3.8) is 0 Å². The van der Waals surface area contributed by atoms with Crippen molar-refractivity contribution in [2.24, 2.45) is 5.92 Å². The molecule has 2 amide bonds. The van der Waals surface area contributed by atoms with Gasteiger partial charge in [-0.05, 0) is 43.0 Å². The Morgan fingerprint density at radius 1 is 1.22 bits per heavy atom. The highest BCUT2D eigenvalue weighted by Crippen LogP contribution is 2.26. The molecule has 2 rings (SSSR count). The number of carboxylic acids is 1. The molecule has 0 unspecified atom stereocenters. The van der Waals surface area contributed by atoms with Gasteiger partial charge in [0.15, 0.2) is 0 Å². The summed E-state index contributed by atoms with van der Waals surface area (Å²) in [6.45, 7) is 2.15.